The van der Waals surface area contributed by atoms with E-state index < -0.39 is 5.60 Å². The Morgan fingerprint density at radius 3 is 2.45 bits per heavy atom. The quantitative estimate of drug-likeness (QED) is 0.611. The molecule has 0 aromatic carbocycles. The molecular formula is C9H14O2. The van der Waals surface area contributed by atoms with Crippen molar-refractivity contribution in [3.8, 4) is 0 Å². The maximum absolute atomic E-state index is 11.2. The van der Waals surface area contributed by atoms with E-state index in [1.54, 1.807) is 13.0 Å². The zero-order valence-corrected chi connectivity index (χ0v) is 6.84. The molecule has 1 saturated carbocycles. The lowest BCUT2D eigenvalue weighted by Gasteiger charge is -2.17. The number of hydrogen-bond donors (Lipinski definition) is 1. The van der Waals surface area contributed by atoms with E-state index in [1.807, 2.05) is 0 Å². The third-order valence-electron chi connectivity index (χ3n) is 2.21. The van der Waals surface area contributed by atoms with Crippen molar-refractivity contribution in [2.75, 3.05) is 0 Å². The highest BCUT2D eigenvalue weighted by molar-refractivity contribution is 5.96. The summed E-state index contributed by atoms with van der Waals surface area (Å²) >= 11 is 0. The summed E-state index contributed by atoms with van der Waals surface area (Å²) in [6.07, 6.45) is 6.36. The summed E-state index contributed by atoms with van der Waals surface area (Å²) in [6, 6.07) is 0. The molecule has 2 nitrogen and oxygen atoms in total. The number of rotatable bonds is 2. The van der Waals surface area contributed by atoms with E-state index >= 15 is 0 Å². The van der Waals surface area contributed by atoms with Crippen LogP contribution in [0.3, 0.4) is 0 Å². The second-order valence-corrected chi connectivity index (χ2v) is 3.10. The molecule has 1 aliphatic carbocycles. The van der Waals surface area contributed by atoms with Gasteiger partial charge in [-0.2, -0.15) is 0 Å². The van der Waals surface area contributed by atoms with Crippen LogP contribution in [0.4, 0.5) is 0 Å². The number of carbonyl (C=O) groups excluding carboxylic acids is 1. The van der Waals surface area contributed by atoms with Crippen molar-refractivity contribution in [3.05, 3.63) is 12.2 Å². The Morgan fingerprint density at radius 2 is 2.00 bits per heavy atom. The zero-order chi connectivity index (χ0) is 8.32. The molecule has 1 aliphatic rings. The van der Waals surface area contributed by atoms with Gasteiger partial charge in [0.1, 0.15) is 5.60 Å². The molecule has 0 spiro atoms. The lowest BCUT2D eigenvalue weighted by Crippen LogP contribution is -2.33. The lowest BCUT2D eigenvalue weighted by molar-refractivity contribution is -0.131. The predicted molar refractivity (Wildman–Crippen MR) is 43.2 cm³/mol. The van der Waals surface area contributed by atoms with Crippen LogP contribution in [-0.2, 0) is 4.79 Å². The molecule has 1 fully saturated rings. The van der Waals surface area contributed by atoms with Crippen LogP contribution in [0.15, 0.2) is 12.2 Å². The van der Waals surface area contributed by atoms with Crippen LogP contribution in [0.2, 0.25) is 0 Å². The van der Waals surface area contributed by atoms with Gasteiger partial charge in [-0.25, -0.2) is 0 Å². The van der Waals surface area contributed by atoms with Gasteiger partial charge in [0, 0.05) is 0 Å². The maximum Gasteiger partial charge on any atom is 0.186 e. The minimum Gasteiger partial charge on any atom is -0.382 e. The molecule has 0 aromatic heterocycles. The fourth-order valence-corrected chi connectivity index (χ4v) is 1.51. The largest absolute Gasteiger partial charge is 0.382 e. The topological polar surface area (TPSA) is 37.3 Å². The molecule has 0 radical (unpaired) electrons. The Hall–Kier alpha value is -0.630. The summed E-state index contributed by atoms with van der Waals surface area (Å²) in [4.78, 5) is 11.2. The van der Waals surface area contributed by atoms with Crippen LogP contribution in [0, 0.1) is 0 Å². The minimum absolute atomic E-state index is 0.127. The summed E-state index contributed by atoms with van der Waals surface area (Å²) in [5, 5.41) is 9.69. The fraction of sp³-hybridized carbons (Fsp3) is 0.667. The third-order valence-corrected chi connectivity index (χ3v) is 2.21. The molecule has 0 heterocycles. The second-order valence-electron chi connectivity index (χ2n) is 3.10. The van der Waals surface area contributed by atoms with Crippen molar-refractivity contribution in [2.24, 2.45) is 0 Å². The summed E-state index contributed by atoms with van der Waals surface area (Å²) in [7, 11) is 0. The molecule has 62 valence electrons. The highest BCUT2D eigenvalue weighted by atomic mass is 16.3. The van der Waals surface area contributed by atoms with Gasteiger partial charge in [-0.3, -0.25) is 4.79 Å². The predicted octanol–water partition coefficient (Wildman–Crippen LogP) is 1.44. The van der Waals surface area contributed by atoms with E-state index in [1.165, 1.54) is 6.08 Å². The summed E-state index contributed by atoms with van der Waals surface area (Å²) < 4.78 is 0. The SMILES string of the molecule is C/C=C/C(=O)C1(O)CCCC1. The molecule has 11 heavy (non-hydrogen) atoms. The van der Waals surface area contributed by atoms with Crippen LogP contribution in [0.5, 0.6) is 0 Å². The van der Waals surface area contributed by atoms with Gasteiger partial charge in [-0.15, -0.1) is 0 Å². The smallest absolute Gasteiger partial charge is 0.186 e. The molecule has 1 rings (SSSR count). The number of hydrogen-bond acceptors (Lipinski definition) is 2. The van der Waals surface area contributed by atoms with E-state index in [2.05, 4.69) is 0 Å². The zero-order valence-electron chi connectivity index (χ0n) is 6.84. The molecule has 1 N–H and O–H groups in total. The highest BCUT2D eigenvalue weighted by Crippen LogP contribution is 2.30. The van der Waals surface area contributed by atoms with Crippen molar-refractivity contribution < 1.29 is 9.90 Å². The highest BCUT2D eigenvalue weighted by Gasteiger charge is 2.36. The Kier molecular flexibility index (Phi) is 2.45. The molecule has 0 amide bonds. The molecule has 0 aliphatic heterocycles. The van der Waals surface area contributed by atoms with Gasteiger partial charge >= 0.3 is 0 Å². The van der Waals surface area contributed by atoms with Crippen LogP contribution in [-0.4, -0.2) is 16.5 Å². The van der Waals surface area contributed by atoms with Gasteiger partial charge in [-0.1, -0.05) is 6.08 Å². The molecule has 0 saturated heterocycles. The maximum atomic E-state index is 11.2. The van der Waals surface area contributed by atoms with Gasteiger partial charge < -0.3 is 5.11 Å². The third kappa shape index (κ3) is 1.69. The Balaban J connectivity index is 2.63. The van der Waals surface area contributed by atoms with Gasteiger partial charge in [0.25, 0.3) is 0 Å². The van der Waals surface area contributed by atoms with Crippen molar-refractivity contribution in [1.29, 1.82) is 0 Å². The molecule has 0 atom stereocenters. The van der Waals surface area contributed by atoms with Crippen LogP contribution in [0.1, 0.15) is 32.6 Å². The Labute approximate surface area is 66.9 Å². The van der Waals surface area contributed by atoms with E-state index in [0.717, 1.165) is 12.8 Å². The van der Waals surface area contributed by atoms with E-state index in [0.29, 0.717) is 12.8 Å². The van der Waals surface area contributed by atoms with E-state index in [9.17, 15) is 9.90 Å². The number of ketones is 1. The average Bonchev–Trinajstić information content (AvgIpc) is 2.38. The normalized spacial score (nSPS) is 22.7. The molecule has 0 unspecified atom stereocenters. The first-order valence-corrected chi connectivity index (χ1v) is 4.08. The Bertz CT molecular complexity index is 176. The van der Waals surface area contributed by atoms with Gasteiger partial charge in [-0.05, 0) is 38.7 Å². The number of aliphatic hydroxyl groups is 1. The lowest BCUT2D eigenvalue weighted by atomic mass is 9.96. The summed E-state index contributed by atoms with van der Waals surface area (Å²) in [5.74, 6) is -0.127. The molecule has 2 heteroatoms. The second kappa shape index (κ2) is 3.18. The van der Waals surface area contributed by atoms with E-state index in [-0.39, 0.29) is 5.78 Å². The van der Waals surface area contributed by atoms with Gasteiger partial charge in [0.05, 0.1) is 0 Å². The fourth-order valence-electron chi connectivity index (χ4n) is 1.51. The van der Waals surface area contributed by atoms with Crippen LogP contribution < -0.4 is 0 Å². The minimum atomic E-state index is -1.02. The molecular weight excluding hydrogens is 140 g/mol. The average molecular weight is 154 g/mol. The number of allylic oxidation sites excluding steroid dienone is 1. The molecule has 0 aromatic rings. The summed E-state index contributed by atoms with van der Waals surface area (Å²) in [6.45, 7) is 1.79. The first kappa shape index (κ1) is 8.47. The van der Waals surface area contributed by atoms with Crippen molar-refractivity contribution in [3.63, 3.8) is 0 Å². The van der Waals surface area contributed by atoms with Gasteiger partial charge in [0.15, 0.2) is 5.78 Å². The Morgan fingerprint density at radius 1 is 1.45 bits per heavy atom. The van der Waals surface area contributed by atoms with Crippen molar-refractivity contribution in [2.45, 2.75) is 38.2 Å². The molecule has 0 bridgehead atoms. The van der Waals surface area contributed by atoms with E-state index in [4.69, 9.17) is 0 Å². The number of carbonyl (C=O) groups is 1. The first-order chi connectivity index (χ1) is 5.19. The van der Waals surface area contributed by atoms with Crippen molar-refractivity contribution >= 4 is 5.78 Å². The summed E-state index contributed by atoms with van der Waals surface area (Å²) in [5.41, 5.74) is -1.02. The van der Waals surface area contributed by atoms with Crippen molar-refractivity contribution in [1.82, 2.24) is 0 Å². The standard InChI is InChI=1S/C9H14O2/c1-2-5-8(10)9(11)6-3-4-7-9/h2,5,11H,3-4,6-7H2,1H3/b5-2+. The first-order valence-electron chi connectivity index (χ1n) is 4.08. The monoisotopic (exact) mass is 154 g/mol. The van der Waals surface area contributed by atoms with Gasteiger partial charge in [0.2, 0.25) is 0 Å². The van der Waals surface area contributed by atoms with Crippen LogP contribution >= 0.6 is 0 Å². The van der Waals surface area contributed by atoms with Crippen LogP contribution in [0.25, 0.3) is 0 Å².